The lowest BCUT2D eigenvalue weighted by Crippen LogP contribution is -2.92. The summed E-state index contributed by atoms with van der Waals surface area (Å²) in [6.07, 6.45) is 1.04. The molecule has 0 saturated heterocycles. The Balaban J connectivity index is 2.25. The number of hydrogen-bond acceptors (Lipinski definition) is 2. The zero-order chi connectivity index (χ0) is 15.2. The molecule has 3 nitrogen and oxygen atoms in total. The number of aryl methyl sites for hydroxylation is 1. The van der Waals surface area contributed by atoms with E-state index in [1.54, 1.807) is 18.4 Å². The van der Waals surface area contributed by atoms with Crippen LogP contribution in [0.15, 0.2) is 41.8 Å². The second-order valence-corrected chi connectivity index (χ2v) is 6.16. The lowest BCUT2D eigenvalue weighted by Gasteiger charge is -2.19. The van der Waals surface area contributed by atoms with E-state index in [0.717, 1.165) is 6.42 Å². The lowest BCUT2D eigenvalue weighted by molar-refractivity contribution is -0.704. The van der Waals surface area contributed by atoms with Crippen LogP contribution in [0.5, 0.6) is 0 Å². The Morgan fingerprint density at radius 1 is 1.29 bits per heavy atom. The third-order valence-electron chi connectivity index (χ3n) is 3.74. The molecule has 0 aliphatic rings. The van der Waals surface area contributed by atoms with E-state index in [1.165, 1.54) is 16.0 Å². The Hall–Kier alpha value is -1.65. The highest BCUT2D eigenvalue weighted by Crippen LogP contribution is 2.23. The van der Waals surface area contributed by atoms with Crippen LogP contribution in [0.2, 0.25) is 0 Å². The van der Waals surface area contributed by atoms with E-state index in [2.05, 4.69) is 59.3 Å². The summed E-state index contributed by atoms with van der Waals surface area (Å²) >= 11 is 1.73. The summed E-state index contributed by atoms with van der Waals surface area (Å²) in [6.45, 7) is 4.10. The van der Waals surface area contributed by atoms with E-state index < -0.39 is 0 Å². The first-order valence-electron chi connectivity index (χ1n) is 7.34. The van der Waals surface area contributed by atoms with Crippen LogP contribution in [0.25, 0.3) is 0 Å². The largest absolute Gasteiger partial charge is 0.354 e. The molecule has 0 aliphatic carbocycles. The van der Waals surface area contributed by atoms with Crippen LogP contribution < -0.4 is 10.6 Å². The summed E-state index contributed by atoms with van der Waals surface area (Å²) in [7, 11) is 1.68. The molecule has 0 bridgehead atoms. The zero-order valence-electron chi connectivity index (χ0n) is 12.8. The van der Waals surface area contributed by atoms with E-state index in [-0.39, 0.29) is 18.0 Å². The van der Waals surface area contributed by atoms with Crippen molar-refractivity contribution in [1.82, 2.24) is 5.32 Å². The Morgan fingerprint density at radius 3 is 2.52 bits per heavy atom. The molecule has 0 unspecified atom stereocenters. The first-order chi connectivity index (χ1) is 10.2. The van der Waals surface area contributed by atoms with Crippen molar-refractivity contribution in [2.75, 3.05) is 7.05 Å². The van der Waals surface area contributed by atoms with Gasteiger partial charge in [0.2, 0.25) is 0 Å². The standard InChI is InChI=1S/C17H22N2OS/c1-4-13-7-9-14(10-8-13)16(15-6-5-11-21-15)19-12(2)17(20)18-3/h5-12,16,19H,4H2,1-3H3,(H,18,20)/p+1/t12-,16-/m0/s1. The van der Waals surface area contributed by atoms with Gasteiger partial charge in [-0.05, 0) is 30.4 Å². The van der Waals surface area contributed by atoms with Crippen molar-refractivity contribution in [3.8, 4) is 0 Å². The minimum absolute atomic E-state index is 0.0572. The Labute approximate surface area is 130 Å². The fourth-order valence-corrected chi connectivity index (χ4v) is 3.24. The van der Waals surface area contributed by atoms with Crippen molar-refractivity contribution >= 4 is 17.2 Å². The van der Waals surface area contributed by atoms with E-state index in [4.69, 9.17) is 0 Å². The van der Waals surface area contributed by atoms with E-state index in [0.29, 0.717) is 0 Å². The number of carbonyl (C=O) groups is 1. The zero-order valence-corrected chi connectivity index (χ0v) is 13.6. The molecule has 0 spiro atoms. The van der Waals surface area contributed by atoms with Crippen LogP contribution in [0, 0.1) is 0 Å². The molecule has 4 heteroatoms. The maximum Gasteiger partial charge on any atom is 0.277 e. The topological polar surface area (TPSA) is 45.7 Å². The second kappa shape index (κ2) is 7.38. The minimum atomic E-state index is -0.118. The molecule has 2 rings (SSSR count). The van der Waals surface area contributed by atoms with Crippen molar-refractivity contribution < 1.29 is 10.1 Å². The maximum atomic E-state index is 11.8. The molecule has 0 fully saturated rings. The molecule has 112 valence electrons. The summed E-state index contributed by atoms with van der Waals surface area (Å²) in [5, 5.41) is 6.93. The van der Waals surface area contributed by atoms with Gasteiger partial charge in [-0.2, -0.15) is 0 Å². The summed E-state index contributed by atoms with van der Waals surface area (Å²) in [5.74, 6) is 0.0572. The number of thiophene rings is 1. The molecule has 3 N–H and O–H groups in total. The van der Waals surface area contributed by atoms with Crippen LogP contribution in [-0.4, -0.2) is 19.0 Å². The molecule has 2 aromatic rings. The van der Waals surface area contributed by atoms with Gasteiger partial charge >= 0.3 is 0 Å². The molecular weight excluding hydrogens is 280 g/mol. The number of likely N-dealkylation sites (N-methyl/N-ethyl adjacent to an activating group) is 1. The molecule has 21 heavy (non-hydrogen) atoms. The van der Waals surface area contributed by atoms with Gasteiger partial charge in [-0.15, -0.1) is 11.3 Å². The molecule has 2 atom stereocenters. The lowest BCUT2D eigenvalue weighted by atomic mass is 10.0. The predicted molar refractivity (Wildman–Crippen MR) is 87.4 cm³/mol. The fourth-order valence-electron chi connectivity index (χ4n) is 2.40. The minimum Gasteiger partial charge on any atom is -0.354 e. The first-order valence-corrected chi connectivity index (χ1v) is 8.22. The SMILES string of the molecule is CCc1ccc([C@H]([NH2+][C@@H](C)C(=O)NC)c2cccs2)cc1. The number of carbonyl (C=O) groups excluding carboxylic acids is 1. The van der Waals surface area contributed by atoms with E-state index in [1.807, 2.05) is 6.92 Å². The molecule has 0 radical (unpaired) electrons. The molecule has 1 heterocycles. The molecular formula is C17H23N2OS+. The van der Waals surface area contributed by atoms with Gasteiger partial charge in [0.25, 0.3) is 5.91 Å². The number of quaternary nitrogens is 1. The third kappa shape index (κ3) is 3.93. The van der Waals surface area contributed by atoms with Gasteiger partial charge in [0, 0.05) is 12.6 Å². The van der Waals surface area contributed by atoms with Crippen molar-refractivity contribution in [1.29, 1.82) is 0 Å². The van der Waals surface area contributed by atoms with Gasteiger partial charge in [-0.3, -0.25) is 4.79 Å². The highest BCUT2D eigenvalue weighted by Gasteiger charge is 2.24. The van der Waals surface area contributed by atoms with Crippen molar-refractivity contribution in [3.05, 3.63) is 57.8 Å². The van der Waals surface area contributed by atoms with Crippen molar-refractivity contribution in [2.24, 2.45) is 0 Å². The van der Waals surface area contributed by atoms with Gasteiger partial charge in [-0.1, -0.05) is 37.3 Å². The quantitative estimate of drug-likeness (QED) is 0.843. The number of hydrogen-bond donors (Lipinski definition) is 2. The average Bonchev–Trinajstić information content (AvgIpc) is 3.05. The van der Waals surface area contributed by atoms with Crippen LogP contribution >= 0.6 is 11.3 Å². The summed E-state index contributed by atoms with van der Waals surface area (Å²) in [4.78, 5) is 13.1. The van der Waals surface area contributed by atoms with Crippen LogP contribution in [0.3, 0.4) is 0 Å². The Morgan fingerprint density at radius 2 is 2.00 bits per heavy atom. The Bertz CT molecular complexity index is 563. The molecule has 0 aliphatic heterocycles. The van der Waals surface area contributed by atoms with E-state index >= 15 is 0 Å². The van der Waals surface area contributed by atoms with Gasteiger partial charge in [-0.25, -0.2) is 0 Å². The van der Waals surface area contributed by atoms with Crippen LogP contribution in [0.4, 0.5) is 0 Å². The van der Waals surface area contributed by atoms with Crippen molar-refractivity contribution in [2.45, 2.75) is 32.4 Å². The monoisotopic (exact) mass is 303 g/mol. The molecule has 1 aromatic carbocycles. The third-order valence-corrected chi connectivity index (χ3v) is 4.69. The van der Waals surface area contributed by atoms with Gasteiger partial charge in [0.05, 0.1) is 4.88 Å². The number of nitrogens with one attached hydrogen (secondary N) is 1. The van der Waals surface area contributed by atoms with Crippen molar-refractivity contribution in [3.63, 3.8) is 0 Å². The molecule has 1 amide bonds. The predicted octanol–water partition coefficient (Wildman–Crippen LogP) is 2.10. The second-order valence-electron chi connectivity index (χ2n) is 5.18. The fraction of sp³-hybridized carbons (Fsp3) is 0.353. The van der Waals surface area contributed by atoms with Gasteiger partial charge in [0.1, 0.15) is 6.04 Å². The average molecular weight is 303 g/mol. The number of benzene rings is 1. The van der Waals surface area contributed by atoms with Crippen LogP contribution in [-0.2, 0) is 11.2 Å². The summed E-state index contributed by atoms with van der Waals surface area (Å²) in [5.41, 5.74) is 2.58. The molecule has 0 saturated carbocycles. The van der Waals surface area contributed by atoms with Crippen LogP contribution in [0.1, 0.15) is 35.9 Å². The Kier molecular flexibility index (Phi) is 5.53. The normalized spacial score (nSPS) is 13.7. The van der Waals surface area contributed by atoms with E-state index in [9.17, 15) is 4.79 Å². The van der Waals surface area contributed by atoms with Gasteiger partial charge < -0.3 is 10.6 Å². The smallest absolute Gasteiger partial charge is 0.277 e. The highest BCUT2D eigenvalue weighted by molar-refractivity contribution is 7.10. The number of rotatable bonds is 6. The highest BCUT2D eigenvalue weighted by atomic mass is 32.1. The maximum absolute atomic E-state index is 11.8. The molecule has 1 aromatic heterocycles. The number of amides is 1. The van der Waals surface area contributed by atoms with Gasteiger partial charge in [0.15, 0.2) is 6.04 Å². The summed E-state index contributed by atoms with van der Waals surface area (Å²) < 4.78 is 0. The summed E-state index contributed by atoms with van der Waals surface area (Å²) in [6, 6.07) is 13.0. The number of nitrogens with two attached hydrogens (primary N) is 1. The first kappa shape index (κ1) is 15.7.